The molecule has 2 aromatic heterocycles. The molecule has 1 aliphatic rings. The Kier molecular flexibility index (Phi) is 6.45. The lowest BCUT2D eigenvalue weighted by molar-refractivity contribution is 0.205. The van der Waals surface area contributed by atoms with Crippen molar-refractivity contribution in [2.45, 2.75) is 39.5 Å². The smallest absolute Gasteiger partial charge is 0.337 e. The van der Waals surface area contributed by atoms with Gasteiger partial charge in [-0.15, -0.1) is 0 Å². The summed E-state index contributed by atoms with van der Waals surface area (Å²) in [7, 11) is 2.09. The van der Waals surface area contributed by atoms with Gasteiger partial charge >= 0.3 is 11.6 Å². The summed E-state index contributed by atoms with van der Waals surface area (Å²) in [6.07, 6.45) is 3.13. The Labute approximate surface area is 163 Å². The zero-order valence-corrected chi connectivity index (χ0v) is 16.7. The number of hydrogen-bond acceptors (Lipinski definition) is 7. The highest BCUT2D eigenvalue weighted by Gasteiger charge is 2.18. The van der Waals surface area contributed by atoms with Crippen molar-refractivity contribution in [3.63, 3.8) is 0 Å². The van der Waals surface area contributed by atoms with Gasteiger partial charge in [-0.05, 0) is 25.5 Å². The molecule has 0 aromatic carbocycles. The molecule has 1 saturated heterocycles. The molecule has 0 atom stereocenters. The number of amidine groups is 1. The Morgan fingerprint density at radius 2 is 2.04 bits per heavy atom. The average molecular weight is 389 g/mol. The number of rotatable bonds is 6. The number of likely N-dealkylation sites (N-methyl/N-ethyl adjacent to an activating group) is 1. The molecule has 0 saturated carbocycles. The van der Waals surface area contributed by atoms with Crippen LogP contribution < -0.4 is 16.0 Å². The van der Waals surface area contributed by atoms with Gasteiger partial charge < -0.3 is 19.1 Å². The van der Waals surface area contributed by atoms with Gasteiger partial charge in [0.05, 0.1) is 0 Å². The SMILES string of the molecule is CCCCc1cc(=O)oc2nc(O/N=C(\CC)N3CCN(C)CC3)[nH]c(=O)c12. The van der Waals surface area contributed by atoms with Gasteiger partial charge in [0, 0.05) is 38.7 Å². The van der Waals surface area contributed by atoms with E-state index in [1.165, 1.54) is 6.07 Å². The van der Waals surface area contributed by atoms with Crippen LogP contribution in [0, 0.1) is 0 Å². The van der Waals surface area contributed by atoms with Gasteiger partial charge in [-0.1, -0.05) is 25.4 Å². The second kappa shape index (κ2) is 9.01. The van der Waals surface area contributed by atoms with Crippen LogP contribution in [0.3, 0.4) is 0 Å². The molecule has 0 unspecified atom stereocenters. The molecule has 1 fully saturated rings. The molecule has 0 amide bonds. The highest BCUT2D eigenvalue weighted by Crippen LogP contribution is 2.15. The second-order valence-corrected chi connectivity index (χ2v) is 6.99. The van der Waals surface area contributed by atoms with E-state index in [2.05, 4.69) is 32.0 Å². The Morgan fingerprint density at radius 3 is 2.71 bits per heavy atom. The first kappa shape index (κ1) is 20.1. The summed E-state index contributed by atoms with van der Waals surface area (Å²) in [5, 5.41) is 4.47. The maximum atomic E-state index is 12.5. The minimum atomic E-state index is -0.530. The Bertz CT molecular complexity index is 957. The molecular weight excluding hydrogens is 362 g/mol. The van der Waals surface area contributed by atoms with Crippen LogP contribution in [0.25, 0.3) is 11.1 Å². The zero-order chi connectivity index (χ0) is 20.1. The maximum absolute atomic E-state index is 12.5. The lowest BCUT2D eigenvalue weighted by Crippen LogP contribution is -2.47. The Balaban J connectivity index is 1.87. The molecule has 0 spiro atoms. The number of oxime groups is 1. The molecule has 1 aliphatic heterocycles. The topological polar surface area (TPSA) is 104 Å². The largest absolute Gasteiger partial charge is 0.403 e. The van der Waals surface area contributed by atoms with Gasteiger partial charge in [0.2, 0.25) is 5.71 Å². The molecule has 3 rings (SSSR count). The van der Waals surface area contributed by atoms with Crippen molar-refractivity contribution in [1.29, 1.82) is 0 Å². The normalized spacial score (nSPS) is 16.0. The first-order valence-corrected chi connectivity index (χ1v) is 9.76. The third-order valence-corrected chi connectivity index (χ3v) is 4.90. The molecule has 28 heavy (non-hydrogen) atoms. The molecular formula is C19H27N5O4. The molecule has 152 valence electrons. The number of fused-ring (bicyclic) bond motifs is 1. The lowest BCUT2D eigenvalue weighted by Gasteiger charge is -2.33. The molecule has 0 radical (unpaired) electrons. The first-order chi connectivity index (χ1) is 13.5. The van der Waals surface area contributed by atoms with Crippen LogP contribution >= 0.6 is 0 Å². The van der Waals surface area contributed by atoms with Gasteiger partial charge in [0.1, 0.15) is 11.2 Å². The summed E-state index contributed by atoms with van der Waals surface area (Å²) in [4.78, 5) is 40.9. The van der Waals surface area contributed by atoms with Crippen molar-refractivity contribution < 1.29 is 9.25 Å². The molecule has 9 heteroatoms. The van der Waals surface area contributed by atoms with E-state index in [0.29, 0.717) is 23.8 Å². The number of nitrogens with one attached hydrogen (secondary N) is 1. The van der Waals surface area contributed by atoms with E-state index in [9.17, 15) is 9.59 Å². The molecule has 0 bridgehead atoms. The predicted octanol–water partition coefficient (Wildman–Crippen LogP) is 1.57. The quantitative estimate of drug-likeness (QED) is 0.454. The van der Waals surface area contributed by atoms with Gasteiger partial charge in [0.15, 0.2) is 0 Å². The van der Waals surface area contributed by atoms with E-state index in [4.69, 9.17) is 9.25 Å². The van der Waals surface area contributed by atoms with E-state index >= 15 is 0 Å². The number of aryl methyl sites for hydroxylation is 1. The van der Waals surface area contributed by atoms with Gasteiger partial charge in [0.25, 0.3) is 5.56 Å². The minimum absolute atomic E-state index is 0.0230. The number of aromatic nitrogens is 2. The molecule has 3 heterocycles. The Hall–Kier alpha value is -2.68. The number of nitrogens with zero attached hydrogens (tertiary/aromatic N) is 4. The summed E-state index contributed by atoms with van der Waals surface area (Å²) < 4.78 is 5.13. The van der Waals surface area contributed by atoms with Gasteiger partial charge in [-0.2, -0.15) is 4.98 Å². The predicted molar refractivity (Wildman–Crippen MR) is 107 cm³/mol. The number of unbranched alkanes of at least 4 members (excludes halogenated alkanes) is 1. The third-order valence-electron chi connectivity index (χ3n) is 4.90. The summed E-state index contributed by atoms with van der Waals surface area (Å²) in [5.74, 6) is 0.786. The summed E-state index contributed by atoms with van der Waals surface area (Å²) in [5.41, 5.74) is -0.311. The van der Waals surface area contributed by atoms with Crippen LogP contribution in [0.2, 0.25) is 0 Å². The molecule has 2 aromatic rings. The van der Waals surface area contributed by atoms with Crippen LogP contribution in [-0.2, 0) is 6.42 Å². The van der Waals surface area contributed by atoms with Crippen molar-refractivity contribution in [3.8, 4) is 6.01 Å². The summed E-state index contributed by atoms with van der Waals surface area (Å²) in [6.45, 7) is 7.68. The zero-order valence-electron chi connectivity index (χ0n) is 16.7. The third kappa shape index (κ3) is 4.59. The fourth-order valence-electron chi connectivity index (χ4n) is 3.24. The highest BCUT2D eigenvalue weighted by molar-refractivity contribution is 5.81. The lowest BCUT2D eigenvalue weighted by atomic mass is 10.1. The van der Waals surface area contributed by atoms with E-state index in [1.807, 2.05) is 13.8 Å². The monoisotopic (exact) mass is 389 g/mol. The second-order valence-electron chi connectivity index (χ2n) is 6.99. The fraction of sp³-hybridized carbons (Fsp3) is 0.579. The van der Waals surface area contributed by atoms with Crippen LogP contribution in [0.5, 0.6) is 6.01 Å². The molecule has 1 N–H and O–H groups in total. The number of hydrogen-bond donors (Lipinski definition) is 1. The van der Waals surface area contributed by atoms with Crippen LogP contribution in [-0.4, -0.2) is 58.8 Å². The molecule has 9 nitrogen and oxygen atoms in total. The van der Waals surface area contributed by atoms with E-state index in [-0.39, 0.29) is 11.7 Å². The fourth-order valence-corrected chi connectivity index (χ4v) is 3.24. The minimum Gasteiger partial charge on any atom is -0.403 e. The van der Waals surface area contributed by atoms with Crippen molar-refractivity contribution in [1.82, 2.24) is 19.8 Å². The van der Waals surface area contributed by atoms with E-state index in [1.54, 1.807) is 0 Å². The van der Waals surface area contributed by atoms with Crippen LogP contribution in [0.15, 0.2) is 25.2 Å². The highest BCUT2D eigenvalue weighted by atomic mass is 16.6. The standard InChI is InChI=1S/C19H27N5O4/c1-4-6-7-13-12-15(25)27-18-16(13)17(26)20-19(21-18)28-22-14(5-2)24-10-8-23(3)9-11-24/h12H,4-11H2,1-3H3,(H,20,21,26)/b22-14+. The number of H-pyrrole nitrogens is 1. The summed E-state index contributed by atoms with van der Waals surface area (Å²) >= 11 is 0. The first-order valence-electron chi connectivity index (χ1n) is 9.76. The molecule has 0 aliphatic carbocycles. The number of aromatic amines is 1. The van der Waals surface area contributed by atoms with Crippen LogP contribution in [0.4, 0.5) is 0 Å². The van der Waals surface area contributed by atoms with Crippen LogP contribution in [0.1, 0.15) is 38.7 Å². The van der Waals surface area contributed by atoms with E-state index < -0.39 is 11.2 Å². The van der Waals surface area contributed by atoms with Gasteiger partial charge in [-0.25, -0.2) is 4.79 Å². The maximum Gasteiger partial charge on any atom is 0.337 e. The van der Waals surface area contributed by atoms with Crippen molar-refractivity contribution in [2.75, 3.05) is 33.2 Å². The summed E-state index contributed by atoms with van der Waals surface area (Å²) in [6, 6.07) is 1.27. The average Bonchev–Trinajstić information content (AvgIpc) is 2.67. The Morgan fingerprint density at radius 1 is 1.29 bits per heavy atom. The van der Waals surface area contributed by atoms with Crippen molar-refractivity contribution in [3.05, 3.63) is 32.4 Å². The van der Waals surface area contributed by atoms with Crippen molar-refractivity contribution >= 4 is 16.9 Å². The van der Waals surface area contributed by atoms with Crippen molar-refractivity contribution in [2.24, 2.45) is 5.16 Å². The number of piperazine rings is 1. The van der Waals surface area contributed by atoms with Gasteiger partial charge in [-0.3, -0.25) is 9.78 Å². The van der Waals surface area contributed by atoms with E-state index in [0.717, 1.165) is 44.9 Å².